The molecular formula is C15H19F2NO. The molecule has 1 saturated carbocycles. The third-order valence-electron chi connectivity index (χ3n) is 3.70. The van der Waals surface area contributed by atoms with E-state index in [0.29, 0.717) is 13.0 Å². The second kappa shape index (κ2) is 6.24. The first-order chi connectivity index (χ1) is 9.04. The van der Waals surface area contributed by atoms with Crippen LogP contribution in [0, 0.1) is 17.6 Å². The number of carbonyl (C=O) groups is 1. The van der Waals surface area contributed by atoms with Crippen molar-refractivity contribution in [3.05, 3.63) is 35.4 Å². The first kappa shape index (κ1) is 14.1. The molecule has 0 heterocycles. The Hall–Kier alpha value is -1.29. The molecule has 1 aliphatic carbocycles. The Kier molecular flexibility index (Phi) is 4.64. The number of rotatable bonds is 6. The maximum Gasteiger partial charge on any atom is 0.164 e. The first-order valence-electron chi connectivity index (χ1n) is 6.72. The summed E-state index contributed by atoms with van der Waals surface area (Å²) in [4.78, 5) is 14.0. The van der Waals surface area contributed by atoms with Crippen molar-refractivity contribution in [3.8, 4) is 0 Å². The van der Waals surface area contributed by atoms with Crippen LogP contribution in [0.4, 0.5) is 8.78 Å². The van der Waals surface area contributed by atoms with Gasteiger partial charge in [-0.3, -0.25) is 4.79 Å². The molecule has 1 aromatic rings. The third kappa shape index (κ3) is 4.10. The number of carbonyl (C=O) groups excluding carboxylic acids is 1. The molecule has 2 rings (SSSR count). The zero-order chi connectivity index (χ0) is 13.8. The van der Waals surface area contributed by atoms with E-state index in [1.54, 1.807) is 0 Å². The van der Waals surface area contributed by atoms with E-state index in [4.69, 9.17) is 0 Å². The van der Waals surface area contributed by atoms with Gasteiger partial charge in [-0.1, -0.05) is 6.42 Å². The van der Waals surface area contributed by atoms with Crippen LogP contribution in [0.3, 0.4) is 0 Å². The van der Waals surface area contributed by atoms with Crippen molar-refractivity contribution in [3.63, 3.8) is 0 Å². The van der Waals surface area contributed by atoms with Gasteiger partial charge < -0.3 is 4.90 Å². The largest absolute Gasteiger partial charge is 0.306 e. The standard InChI is InChI=1S/C15H19F2NO/c1-18(10-11-3-2-4-11)6-5-15(19)12-7-13(16)9-14(17)8-12/h7-9,11H,2-6,10H2,1H3. The first-order valence-corrected chi connectivity index (χ1v) is 6.72. The molecule has 0 aliphatic heterocycles. The summed E-state index contributed by atoms with van der Waals surface area (Å²) < 4.78 is 26.0. The molecule has 19 heavy (non-hydrogen) atoms. The van der Waals surface area contributed by atoms with Crippen LogP contribution in [0.25, 0.3) is 0 Å². The Bertz CT molecular complexity index is 437. The molecule has 0 saturated heterocycles. The SMILES string of the molecule is CN(CCC(=O)c1cc(F)cc(F)c1)CC1CCC1. The Morgan fingerprint density at radius 3 is 2.42 bits per heavy atom. The van der Waals surface area contributed by atoms with Crippen molar-refractivity contribution in [1.29, 1.82) is 0 Å². The highest BCUT2D eigenvalue weighted by molar-refractivity contribution is 5.96. The van der Waals surface area contributed by atoms with E-state index >= 15 is 0 Å². The van der Waals surface area contributed by atoms with Gasteiger partial charge in [-0.25, -0.2) is 8.78 Å². The van der Waals surface area contributed by atoms with Gasteiger partial charge in [0.15, 0.2) is 5.78 Å². The molecule has 0 unspecified atom stereocenters. The summed E-state index contributed by atoms with van der Waals surface area (Å²) >= 11 is 0. The molecule has 0 aromatic heterocycles. The number of nitrogens with zero attached hydrogens (tertiary/aromatic N) is 1. The van der Waals surface area contributed by atoms with E-state index < -0.39 is 11.6 Å². The molecular weight excluding hydrogens is 248 g/mol. The molecule has 0 spiro atoms. The van der Waals surface area contributed by atoms with Crippen molar-refractivity contribution < 1.29 is 13.6 Å². The summed E-state index contributed by atoms with van der Waals surface area (Å²) in [6.07, 6.45) is 4.15. The molecule has 1 aliphatic rings. The number of ketones is 1. The maximum absolute atomic E-state index is 13.0. The van der Waals surface area contributed by atoms with Crippen LogP contribution in [0.5, 0.6) is 0 Å². The quantitative estimate of drug-likeness (QED) is 0.737. The Balaban J connectivity index is 1.82. The summed E-state index contributed by atoms with van der Waals surface area (Å²) in [5.74, 6) is -0.858. The summed E-state index contributed by atoms with van der Waals surface area (Å²) in [6.45, 7) is 1.64. The van der Waals surface area contributed by atoms with Crippen LogP contribution in [0.1, 0.15) is 36.0 Å². The van der Waals surface area contributed by atoms with E-state index in [1.807, 2.05) is 7.05 Å². The lowest BCUT2D eigenvalue weighted by atomic mass is 9.85. The molecule has 0 N–H and O–H groups in total. The van der Waals surface area contributed by atoms with Crippen molar-refractivity contribution in [2.45, 2.75) is 25.7 Å². The second-order valence-corrected chi connectivity index (χ2v) is 5.39. The fraction of sp³-hybridized carbons (Fsp3) is 0.533. The lowest BCUT2D eigenvalue weighted by molar-refractivity contribution is 0.0960. The highest BCUT2D eigenvalue weighted by atomic mass is 19.1. The Morgan fingerprint density at radius 1 is 1.26 bits per heavy atom. The summed E-state index contributed by atoms with van der Waals surface area (Å²) in [7, 11) is 1.98. The highest BCUT2D eigenvalue weighted by Crippen LogP contribution is 2.26. The summed E-state index contributed by atoms with van der Waals surface area (Å²) in [5, 5.41) is 0. The van der Waals surface area contributed by atoms with Crippen LogP contribution in [-0.4, -0.2) is 30.8 Å². The lowest BCUT2D eigenvalue weighted by Crippen LogP contribution is -2.31. The number of benzene rings is 1. The summed E-state index contributed by atoms with van der Waals surface area (Å²) in [5.41, 5.74) is 0.120. The molecule has 2 nitrogen and oxygen atoms in total. The van der Waals surface area contributed by atoms with Crippen LogP contribution in [0.2, 0.25) is 0 Å². The van der Waals surface area contributed by atoms with E-state index in [0.717, 1.165) is 30.7 Å². The Morgan fingerprint density at radius 2 is 1.89 bits per heavy atom. The third-order valence-corrected chi connectivity index (χ3v) is 3.70. The minimum absolute atomic E-state index is 0.120. The lowest BCUT2D eigenvalue weighted by Gasteiger charge is -2.29. The fourth-order valence-corrected chi connectivity index (χ4v) is 2.36. The van der Waals surface area contributed by atoms with Gasteiger partial charge in [0, 0.05) is 31.1 Å². The minimum Gasteiger partial charge on any atom is -0.306 e. The van der Waals surface area contributed by atoms with Gasteiger partial charge in [-0.2, -0.15) is 0 Å². The molecule has 1 fully saturated rings. The second-order valence-electron chi connectivity index (χ2n) is 5.39. The van der Waals surface area contributed by atoms with Crippen molar-refractivity contribution >= 4 is 5.78 Å². The average molecular weight is 267 g/mol. The monoisotopic (exact) mass is 267 g/mol. The van der Waals surface area contributed by atoms with E-state index in [-0.39, 0.29) is 11.3 Å². The number of Topliss-reactive ketones (excluding diaryl/α,β-unsaturated/α-hetero) is 1. The molecule has 4 heteroatoms. The van der Waals surface area contributed by atoms with E-state index in [9.17, 15) is 13.6 Å². The Labute approximate surface area is 112 Å². The zero-order valence-electron chi connectivity index (χ0n) is 11.2. The maximum atomic E-state index is 13.0. The van der Waals surface area contributed by atoms with Gasteiger partial charge in [0.2, 0.25) is 0 Å². The van der Waals surface area contributed by atoms with Gasteiger partial charge in [-0.05, 0) is 37.9 Å². The van der Waals surface area contributed by atoms with Gasteiger partial charge >= 0.3 is 0 Å². The molecule has 0 atom stereocenters. The highest BCUT2D eigenvalue weighted by Gasteiger charge is 2.19. The van der Waals surface area contributed by atoms with Crippen LogP contribution >= 0.6 is 0 Å². The number of hydrogen-bond donors (Lipinski definition) is 0. The number of hydrogen-bond acceptors (Lipinski definition) is 2. The molecule has 1 aromatic carbocycles. The topological polar surface area (TPSA) is 20.3 Å². The summed E-state index contributed by atoms with van der Waals surface area (Å²) in [6, 6.07) is 2.97. The zero-order valence-corrected chi connectivity index (χ0v) is 11.2. The normalized spacial score (nSPS) is 15.6. The van der Waals surface area contributed by atoms with E-state index in [2.05, 4.69) is 4.90 Å². The van der Waals surface area contributed by atoms with Crippen LogP contribution < -0.4 is 0 Å². The number of halogens is 2. The van der Waals surface area contributed by atoms with Crippen molar-refractivity contribution in [2.75, 3.05) is 20.1 Å². The van der Waals surface area contributed by atoms with Crippen LogP contribution in [-0.2, 0) is 0 Å². The van der Waals surface area contributed by atoms with Crippen molar-refractivity contribution in [1.82, 2.24) is 4.90 Å². The van der Waals surface area contributed by atoms with Crippen LogP contribution in [0.15, 0.2) is 18.2 Å². The average Bonchev–Trinajstić information content (AvgIpc) is 2.29. The molecule has 0 amide bonds. The molecule has 104 valence electrons. The van der Waals surface area contributed by atoms with Crippen molar-refractivity contribution in [2.24, 2.45) is 5.92 Å². The fourth-order valence-electron chi connectivity index (χ4n) is 2.36. The smallest absolute Gasteiger partial charge is 0.164 e. The molecule has 0 radical (unpaired) electrons. The van der Waals surface area contributed by atoms with Gasteiger partial charge in [0.05, 0.1) is 0 Å². The molecule has 0 bridgehead atoms. The van der Waals surface area contributed by atoms with Gasteiger partial charge in [0.1, 0.15) is 11.6 Å². The predicted octanol–water partition coefficient (Wildman–Crippen LogP) is 3.27. The minimum atomic E-state index is -0.703. The van der Waals surface area contributed by atoms with E-state index in [1.165, 1.54) is 19.3 Å². The van der Waals surface area contributed by atoms with Gasteiger partial charge in [-0.15, -0.1) is 0 Å². The predicted molar refractivity (Wildman–Crippen MR) is 70.1 cm³/mol. The van der Waals surface area contributed by atoms with Gasteiger partial charge in [0.25, 0.3) is 0 Å².